The summed E-state index contributed by atoms with van der Waals surface area (Å²) in [6, 6.07) is 2.25. The van der Waals surface area contributed by atoms with Gasteiger partial charge in [-0.2, -0.15) is 0 Å². The van der Waals surface area contributed by atoms with E-state index in [4.69, 9.17) is 0 Å². The van der Waals surface area contributed by atoms with E-state index < -0.39 is 0 Å². The largest absolute Gasteiger partial charge is 0.394 e. The van der Waals surface area contributed by atoms with Crippen molar-refractivity contribution in [2.45, 2.75) is 45.6 Å². The normalized spacial score (nSPS) is 19.1. The van der Waals surface area contributed by atoms with Gasteiger partial charge in [0.05, 0.1) is 12.6 Å². The number of aromatic nitrogens is 2. The molecule has 118 valence electrons. The van der Waals surface area contributed by atoms with Crippen molar-refractivity contribution in [3.05, 3.63) is 12.4 Å². The van der Waals surface area contributed by atoms with E-state index in [2.05, 4.69) is 40.7 Å². The van der Waals surface area contributed by atoms with Crippen LogP contribution in [-0.2, 0) is 0 Å². The molecular formula is C16H28N4O. The minimum Gasteiger partial charge on any atom is -0.394 e. The van der Waals surface area contributed by atoms with Crippen LogP contribution in [-0.4, -0.2) is 47.9 Å². The molecule has 1 aromatic heterocycles. The Morgan fingerprint density at radius 3 is 2.90 bits per heavy atom. The Hall–Kier alpha value is -1.36. The van der Waals surface area contributed by atoms with Gasteiger partial charge in [-0.05, 0) is 31.6 Å². The molecule has 2 rings (SSSR count). The Balaban J connectivity index is 2.09. The number of anilines is 2. The highest BCUT2D eigenvalue weighted by molar-refractivity contribution is 5.50. The molecule has 1 saturated heterocycles. The van der Waals surface area contributed by atoms with Crippen molar-refractivity contribution in [1.29, 1.82) is 0 Å². The molecule has 0 aliphatic carbocycles. The minimum atomic E-state index is 0.197. The van der Waals surface area contributed by atoms with Crippen LogP contribution < -0.4 is 9.80 Å². The average molecular weight is 292 g/mol. The van der Waals surface area contributed by atoms with E-state index in [-0.39, 0.29) is 12.6 Å². The van der Waals surface area contributed by atoms with Crippen molar-refractivity contribution in [3.63, 3.8) is 0 Å². The summed E-state index contributed by atoms with van der Waals surface area (Å²) < 4.78 is 0. The molecule has 1 atom stereocenters. The van der Waals surface area contributed by atoms with Crippen molar-refractivity contribution in [2.75, 3.05) is 36.5 Å². The number of nitrogens with zero attached hydrogens (tertiary/aromatic N) is 4. The van der Waals surface area contributed by atoms with E-state index in [9.17, 15) is 5.11 Å². The van der Waals surface area contributed by atoms with Crippen LogP contribution in [0.4, 0.5) is 11.6 Å². The molecule has 0 radical (unpaired) electrons. The Bertz CT molecular complexity index is 438. The Kier molecular flexibility index (Phi) is 5.79. The van der Waals surface area contributed by atoms with Gasteiger partial charge in [0.25, 0.3) is 0 Å². The van der Waals surface area contributed by atoms with E-state index in [1.54, 1.807) is 6.33 Å². The van der Waals surface area contributed by atoms with Gasteiger partial charge in [0, 0.05) is 26.2 Å². The zero-order chi connectivity index (χ0) is 15.2. The van der Waals surface area contributed by atoms with Crippen molar-refractivity contribution in [2.24, 2.45) is 5.92 Å². The molecule has 0 spiro atoms. The molecule has 5 heteroatoms. The third-order valence-corrected chi connectivity index (χ3v) is 4.20. The Labute approximate surface area is 128 Å². The molecule has 0 bridgehead atoms. The summed E-state index contributed by atoms with van der Waals surface area (Å²) in [6.45, 7) is 6.63. The van der Waals surface area contributed by atoms with E-state index in [1.165, 1.54) is 12.8 Å². The summed E-state index contributed by atoms with van der Waals surface area (Å²) >= 11 is 0. The molecule has 21 heavy (non-hydrogen) atoms. The number of aliphatic hydroxyl groups excluding tert-OH is 1. The van der Waals surface area contributed by atoms with Gasteiger partial charge in [-0.15, -0.1) is 0 Å². The second kappa shape index (κ2) is 7.59. The van der Waals surface area contributed by atoms with E-state index in [0.29, 0.717) is 5.92 Å². The molecule has 1 unspecified atom stereocenters. The molecule has 0 amide bonds. The number of hydrogen-bond donors (Lipinski definition) is 1. The number of hydrogen-bond acceptors (Lipinski definition) is 5. The fraction of sp³-hybridized carbons (Fsp3) is 0.750. The molecule has 5 nitrogen and oxygen atoms in total. The first-order valence-electron chi connectivity index (χ1n) is 8.02. The minimum absolute atomic E-state index is 0.197. The van der Waals surface area contributed by atoms with Crippen molar-refractivity contribution in [1.82, 2.24) is 9.97 Å². The van der Waals surface area contributed by atoms with Gasteiger partial charge in [0.15, 0.2) is 0 Å². The zero-order valence-electron chi connectivity index (χ0n) is 13.5. The Morgan fingerprint density at radius 2 is 2.19 bits per heavy atom. The van der Waals surface area contributed by atoms with Crippen LogP contribution >= 0.6 is 0 Å². The summed E-state index contributed by atoms with van der Waals surface area (Å²) in [4.78, 5) is 13.2. The molecule has 1 fully saturated rings. The van der Waals surface area contributed by atoms with Crippen LogP contribution in [0.1, 0.15) is 39.5 Å². The monoisotopic (exact) mass is 292 g/mol. The van der Waals surface area contributed by atoms with Gasteiger partial charge in [0.1, 0.15) is 18.0 Å². The van der Waals surface area contributed by atoms with Gasteiger partial charge in [-0.25, -0.2) is 9.97 Å². The number of piperidine rings is 1. The highest BCUT2D eigenvalue weighted by Crippen LogP contribution is 2.25. The third-order valence-electron chi connectivity index (χ3n) is 4.20. The van der Waals surface area contributed by atoms with Gasteiger partial charge >= 0.3 is 0 Å². The quantitative estimate of drug-likeness (QED) is 0.872. The molecule has 0 saturated carbocycles. The number of rotatable bonds is 6. The van der Waals surface area contributed by atoms with Gasteiger partial charge in [0.2, 0.25) is 0 Å². The lowest BCUT2D eigenvalue weighted by Gasteiger charge is -2.35. The summed E-state index contributed by atoms with van der Waals surface area (Å²) in [5.74, 6) is 2.59. The fourth-order valence-electron chi connectivity index (χ4n) is 2.76. The highest BCUT2D eigenvalue weighted by atomic mass is 16.3. The van der Waals surface area contributed by atoms with Crippen LogP contribution in [0.2, 0.25) is 0 Å². The van der Waals surface area contributed by atoms with E-state index in [0.717, 1.165) is 37.6 Å². The van der Waals surface area contributed by atoms with Crippen molar-refractivity contribution >= 4 is 11.6 Å². The second-order valence-electron chi connectivity index (χ2n) is 6.36. The molecule has 0 aromatic carbocycles. The Morgan fingerprint density at radius 1 is 1.38 bits per heavy atom. The summed E-state index contributed by atoms with van der Waals surface area (Å²) in [7, 11) is 2.08. The van der Waals surface area contributed by atoms with Gasteiger partial charge in [-0.3, -0.25) is 0 Å². The molecular weight excluding hydrogens is 264 g/mol. The fourth-order valence-corrected chi connectivity index (χ4v) is 2.76. The third kappa shape index (κ3) is 4.30. The lowest BCUT2D eigenvalue weighted by atomic mass is 10.0. The van der Waals surface area contributed by atoms with Crippen molar-refractivity contribution < 1.29 is 5.11 Å². The number of aliphatic hydroxyl groups is 1. The van der Waals surface area contributed by atoms with Gasteiger partial charge < -0.3 is 14.9 Å². The van der Waals surface area contributed by atoms with E-state index in [1.807, 2.05) is 6.07 Å². The SMILES string of the molecule is CC(C)CCN(C)c1cc(N2CCCCC2CO)ncn1. The predicted octanol–water partition coefficient (Wildman–Crippen LogP) is 2.31. The maximum Gasteiger partial charge on any atom is 0.134 e. The molecule has 1 aliphatic heterocycles. The molecule has 1 aliphatic rings. The van der Waals surface area contributed by atoms with Crippen LogP contribution in [0.25, 0.3) is 0 Å². The van der Waals surface area contributed by atoms with Crippen molar-refractivity contribution in [3.8, 4) is 0 Å². The van der Waals surface area contributed by atoms with E-state index >= 15 is 0 Å². The predicted molar refractivity (Wildman–Crippen MR) is 86.8 cm³/mol. The molecule has 1 aromatic rings. The maximum absolute atomic E-state index is 9.55. The standard InChI is InChI=1S/C16H28N4O/c1-13(2)7-9-19(3)15-10-16(18-12-17-15)20-8-5-4-6-14(20)11-21/h10,12-14,21H,4-9,11H2,1-3H3. The lowest BCUT2D eigenvalue weighted by Crippen LogP contribution is -2.42. The highest BCUT2D eigenvalue weighted by Gasteiger charge is 2.23. The maximum atomic E-state index is 9.55. The van der Waals surface area contributed by atoms with Crippen LogP contribution in [0.5, 0.6) is 0 Å². The summed E-state index contributed by atoms with van der Waals surface area (Å²) in [6.07, 6.45) is 6.18. The van der Waals surface area contributed by atoms with Gasteiger partial charge in [-0.1, -0.05) is 13.8 Å². The zero-order valence-corrected chi connectivity index (χ0v) is 13.5. The first-order chi connectivity index (χ1) is 10.1. The summed E-state index contributed by atoms with van der Waals surface area (Å²) in [5.41, 5.74) is 0. The van der Waals surface area contributed by atoms with Crippen LogP contribution in [0.15, 0.2) is 12.4 Å². The molecule has 2 heterocycles. The lowest BCUT2D eigenvalue weighted by molar-refractivity contribution is 0.239. The van der Waals surface area contributed by atoms with Crippen LogP contribution in [0.3, 0.4) is 0 Å². The topological polar surface area (TPSA) is 52.5 Å². The second-order valence-corrected chi connectivity index (χ2v) is 6.36. The molecule has 1 N–H and O–H groups in total. The smallest absolute Gasteiger partial charge is 0.134 e. The first kappa shape index (κ1) is 16.0. The average Bonchev–Trinajstić information content (AvgIpc) is 2.52. The summed E-state index contributed by atoms with van der Waals surface area (Å²) in [5, 5.41) is 9.55. The first-order valence-corrected chi connectivity index (χ1v) is 8.02. The van der Waals surface area contributed by atoms with Crippen LogP contribution in [0, 0.1) is 5.92 Å².